The molecule has 0 aromatic heterocycles. The van der Waals surface area contributed by atoms with E-state index in [9.17, 15) is 9.59 Å². The first-order valence-electron chi connectivity index (χ1n) is 10.7. The molecule has 0 fully saturated rings. The Labute approximate surface area is 198 Å². The van der Waals surface area contributed by atoms with Crippen molar-refractivity contribution < 1.29 is 14.3 Å². The molecular formula is C27H25ClN2O3. The predicted molar refractivity (Wildman–Crippen MR) is 133 cm³/mol. The molecule has 0 atom stereocenters. The van der Waals surface area contributed by atoms with Crippen LogP contribution in [0.1, 0.15) is 30.5 Å². The molecule has 1 aliphatic rings. The number of halogens is 1. The minimum atomic E-state index is -0.417. The van der Waals surface area contributed by atoms with Gasteiger partial charge in [0.2, 0.25) is 0 Å². The molecule has 0 bridgehead atoms. The number of imide groups is 1. The second kappa shape index (κ2) is 9.12. The summed E-state index contributed by atoms with van der Waals surface area (Å²) >= 11 is 6.29. The van der Waals surface area contributed by atoms with Crippen molar-refractivity contribution in [3.05, 3.63) is 94.1 Å². The van der Waals surface area contributed by atoms with Gasteiger partial charge in [-0.15, -0.1) is 0 Å². The molecule has 0 aliphatic carbocycles. The SMILES string of the molecule is Cc1cccc(N2C(=O)C(Nc3ccc(C)c(Cl)c3)=C(c3ccc(OC(C)C)cc3)C2=O)c1. The van der Waals surface area contributed by atoms with Crippen LogP contribution < -0.4 is 15.0 Å². The first-order chi connectivity index (χ1) is 15.7. The normalized spacial score (nSPS) is 13.8. The van der Waals surface area contributed by atoms with Crippen LogP contribution in [-0.2, 0) is 9.59 Å². The van der Waals surface area contributed by atoms with Crippen molar-refractivity contribution in [1.29, 1.82) is 0 Å². The maximum Gasteiger partial charge on any atom is 0.282 e. The van der Waals surface area contributed by atoms with Crippen LogP contribution in [0.15, 0.2) is 72.4 Å². The van der Waals surface area contributed by atoms with E-state index in [1.54, 1.807) is 36.4 Å². The van der Waals surface area contributed by atoms with Gasteiger partial charge in [0.25, 0.3) is 11.8 Å². The number of benzene rings is 3. The summed E-state index contributed by atoms with van der Waals surface area (Å²) in [5.74, 6) is -0.106. The molecule has 0 saturated carbocycles. The number of amides is 2. The van der Waals surface area contributed by atoms with E-state index in [1.165, 1.54) is 4.90 Å². The van der Waals surface area contributed by atoms with E-state index >= 15 is 0 Å². The third-order valence-corrected chi connectivity index (χ3v) is 5.71. The lowest BCUT2D eigenvalue weighted by molar-refractivity contribution is -0.120. The van der Waals surface area contributed by atoms with Crippen LogP contribution in [0.25, 0.3) is 5.57 Å². The fraction of sp³-hybridized carbons (Fsp3) is 0.185. The monoisotopic (exact) mass is 460 g/mol. The molecule has 0 saturated heterocycles. The van der Waals surface area contributed by atoms with E-state index in [0.29, 0.717) is 33.3 Å². The number of anilines is 2. The smallest absolute Gasteiger partial charge is 0.282 e. The van der Waals surface area contributed by atoms with Crippen LogP contribution in [0.5, 0.6) is 5.75 Å². The van der Waals surface area contributed by atoms with Crippen molar-refractivity contribution in [1.82, 2.24) is 0 Å². The summed E-state index contributed by atoms with van der Waals surface area (Å²) in [7, 11) is 0. The summed E-state index contributed by atoms with van der Waals surface area (Å²) in [6, 6.07) is 20.0. The maximum atomic E-state index is 13.6. The Bertz CT molecular complexity index is 1260. The summed E-state index contributed by atoms with van der Waals surface area (Å²) in [6.45, 7) is 7.72. The third-order valence-electron chi connectivity index (χ3n) is 5.30. The van der Waals surface area contributed by atoms with E-state index in [0.717, 1.165) is 11.1 Å². The van der Waals surface area contributed by atoms with E-state index in [2.05, 4.69) is 5.32 Å². The lowest BCUT2D eigenvalue weighted by Gasteiger charge is -2.16. The number of aryl methyl sites for hydroxylation is 2. The molecule has 33 heavy (non-hydrogen) atoms. The summed E-state index contributed by atoms with van der Waals surface area (Å²) in [4.78, 5) is 28.3. The second-order valence-corrected chi connectivity index (χ2v) is 8.72. The van der Waals surface area contributed by atoms with Gasteiger partial charge in [-0.1, -0.05) is 41.9 Å². The van der Waals surface area contributed by atoms with Gasteiger partial charge < -0.3 is 10.1 Å². The molecule has 2 amide bonds. The molecule has 5 nitrogen and oxygen atoms in total. The molecule has 0 radical (unpaired) electrons. The first kappa shape index (κ1) is 22.6. The van der Waals surface area contributed by atoms with Crippen LogP contribution in [0.4, 0.5) is 11.4 Å². The second-order valence-electron chi connectivity index (χ2n) is 8.31. The number of nitrogens with one attached hydrogen (secondary N) is 1. The Balaban J connectivity index is 1.79. The van der Waals surface area contributed by atoms with Gasteiger partial charge in [-0.3, -0.25) is 9.59 Å². The molecule has 3 aromatic carbocycles. The molecule has 1 aliphatic heterocycles. The Morgan fingerprint density at radius 1 is 0.909 bits per heavy atom. The minimum absolute atomic E-state index is 0.0325. The van der Waals surface area contributed by atoms with E-state index < -0.39 is 5.91 Å². The Morgan fingerprint density at radius 2 is 1.64 bits per heavy atom. The van der Waals surface area contributed by atoms with Gasteiger partial charge in [0.1, 0.15) is 11.4 Å². The van der Waals surface area contributed by atoms with Crippen molar-refractivity contribution in [2.24, 2.45) is 0 Å². The quantitative estimate of drug-likeness (QED) is 0.449. The van der Waals surface area contributed by atoms with Gasteiger partial charge in [-0.2, -0.15) is 0 Å². The molecular weight excluding hydrogens is 436 g/mol. The summed E-state index contributed by atoms with van der Waals surface area (Å²) in [5.41, 5.74) is 4.17. The first-order valence-corrected chi connectivity index (χ1v) is 11.1. The van der Waals surface area contributed by atoms with Crippen LogP contribution in [0.2, 0.25) is 5.02 Å². The number of nitrogens with zero attached hydrogens (tertiary/aromatic N) is 1. The highest BCUT2D eigenvalue weighted by molar-refractivity contribution is 6.46. The van der Waals surface area contributed by atoms with Crippen LogP contribution in [0.3, 0.4) is 0 Å². The van der Waals surface area contributed by atoms with Crippen molar-refractivity contribution >= 4 is 40.4 Å². The van der Waals surface area contributed by atoms with E-state index in [1.807, 2.05) is 58.0 Å². The molecule has 1 N–H and O–H groups in total. The van der Waals surface area contributed by atoms with Gasteiger partial charge in [0.15, 0.2) is 0 Å². The molecule has 0 unspecified atom stereocenters. The average Bonchev–Trinajstić information content (AvgIpc) is 3.00. The molecule has 4 rings (SSSR count). The number of carbonyl (C=O) groups is 2. The minimum Gasteiger partial charge on any atom is -0.491 e. The van der Waals surface area contributed by atoms with Crippen molar-refractivity contribution in [2.75, 3.05) is 10.2 Å². The van der Waals surface area contributed by atoms with Crippen molar-refractivity contribution in [3.63, 3.8) is 0 Å². The summed E-state index contributed by atoms with van der Waals surface area (Å²) in [5, 5.41) is 3.72. The number of rotatable bonds is 6. The van der Waals surface area contributed by atoms with Gasteiger partial charge in [0.05, 0.1) is 17.4 Å². The summed E-state index contributed by atoms with van der Waals surface area (Å²) in [6.07, 6.45) is 0.0325. The standard InChI is InChI=1S/C27H25ClN2O3/c1-16(2)33-22-12-9-19(10-13-22)24-25(29-20-11-8-18(4)23(28)15-20)27(32)30(26(24)31)21-7-5-6-17(3)14-21/h5-16,29H,1-4H3. The Hall–Kier alpha value is -3.57. The van der Waals surface area contributed by atoms with Gasteiger partial charge in [-0.05, 0) is 80.8 Å². The lowest BCUT2D eigenvalue weighted by atomic mass is 10.0. The van der Waals surface area contributed by atoms with Crippen molar-refractivity contribution in [2.45, 2.75) is 33.8 Å². The van der Waals surface area contributed by atoms with Gasteiger partial charge in [-0.25, -0.2) is 4.90 Å². The fourth-order valence-electron chi connectivity index (χ4n) is 3.70. The van der Waals surface area contributed by atoms with Crippen molar-refractivity contribution in [3.8, 4) is 5.75 Å². The number of hydrogen-bond acceptors (Lipinski definition) is 4. The zero-order valence-corrected chi connectivity index (χ0v) is 19.7. The molecule has 6 heteroatoms. The molecule has 1 heterocycles. The number of ether oxygens (including phenoxy) is 1. The highest BCUT2D eigenvalue weighted by Gasteiger charge is 2.40. The summed E-state index contributed by atoms with van der Waals surface area (Å²) < 4.78 is 5.72. The predicted octanol–water partition coefficient (Wildman–Crippen LogP) is 6.14. The van der Waals surface area contributed by atoms with Crippen LogP contribution in [0, 0.1) is 13.8 Å². The lowest BCUT2D eigenvalue weighted by Crippen LogP contribution is -2.32. The number of hydrogen-bond donors (Lipinski definition) is 1. The highest BCUT2D eigenvalue weighted by Crippen LogP contribution is 2.35. The van der Waals surface area contributed by atoms with Gasteiger partial charge in [0, 0.05) is 10.7 Å². The molecule has 3 aromatic rings. The molecule has 0 spiro atoms. The largest absolute Gasteiger partial charge is 0.491 e. The van der Waals surface area contributed by atoms with Gasteiger partial charge >= 0.3 is 0 Å². The zero-order chi connectivity index (χ0) is 23.7. The number of carbonyl (C=O) groups excluding carboxylic acids is 2. The van der Waals surface area contributed by atoms with Crippen LogP contribution in [-0.4, -0.2) is 17.9 Å². The Morgan fingerprint density at radius 3 is 2.27 bits per heavy atom. The maximum absolute atomic E-state index is 13.6. The van der Waals surface area contributed by atoms with E-state index in [-0.39, 0.29) is 17.7 Å². The third kappa shape index (κ3) is 4.64. The molecule has 168 valence electrons. The average molecular weight is 461 g/mol. The highest BCUT2D eigenvalue weighted by atomic mass is 35.5. The topological polar surface area (TPSA) is 58.6 Å². The van der Waals surface area contributed by atoms with Crippen LogP contribution >= 0.6 is 11.6 Å². The van der Waals surface area contributed by atoms with E-state index in [4.69, 9.17) is 16.3 Å². The zero-order valence-electron chi connectivity index (χ0n) is 19.0. The Kier molecular flexibility index (Phi) is 6.25. The fourth-order valence-corrected chi connectivity index (χ4v) is 3.88.